The maximum Gasteiger partial charge on any atom is 0.170 e. The van der Waals surface area contributed by atoms with Gasteiger partial charge in [0.05, 0.1) is 6.10 Å². The van der Waals surface area contributed by atoms with E-state index in [-0.39, 0.29) is 6.10 Å². The first-order valence-corrected chi connectivity index (χ1v) is 10.2. The molecule has 0 atom stereocenters. The van der Waals surface area contributed by atoms with Crippen molar-refractivity contribution in [1.82, 2.24) is 5.32 Å². The minimum Gasteiger partial charge on any atom is -0.491 e. The summed E-state index contributed by atoms with van der Waals surface area (Å²) in [4.78, 5) is 2.49. The zero-order chi connectivity index (χ0) is 19.1. The quantitative estimate of drug-likeness (QED) is 0.540. The Labute approximate surface area is 167 Å². The van der Waals surface area contributed by atoms with Crippen molar-refractivity contribution in [2.75, 3.05) is 29.9 Å². The highest BCUT2D eigenvalue weighted by Gasteiger charge is 2.15. The number of hydrogen-bond donors (Lipinski definition) is 2. The molecule has 2 aromatic carbocycles. The van der Waals surface area contributed by atoms with Crippen LogP contribution >= 0.6 is 12.2 Å². The number of anilines is 2. The number of nitrogens with zero attached hydrogens (tertiary/aromatic N) is 1. The van der Waals surface area contributed by atoms with E-state index in [1.165, 1.54) is 24.1 Å². The first-order valence-electron chi connectivity index (χ1n) is 9.76. The van der Waals surface area contributed by atoms with E-state index in [4.69, 9.17) is 17.0 Å². The molecule has 1 aliphatic heterocycles. The van der Waals surface area contributed by atoms with E-state index in [1.807, 2.05) is 38.1 Å². The summed E-state index contributed by atoms with van der Waals surface area (Å²) >= 11 is 5.42. The van der Waals surface area contributed by atoms with Gasteiger partial charge in [0.15, 0.2) is 5.11 Å². The van der Waals surface area contributed by atoms with Crippen LogP contribution in [0.25, 0.3) is 0 Å². The molecule has 1 heterocycles. The van der Waals surface area contributed by atoms with Gasteiger partial charge < -0.3 is 20.3 Å². The van der Waals surface area contributed by atoms with Crippen LogP contribution in [0.3, 0.4) is 0 Å². The second-order valence-electron chi connectivity index (χ2n) is 7.15. The van der Waals surface area contributed by atoms with Gasteiger partial charge in [-0.15, -0.1) is 0 Å². The van der Waals surface area contributed by atoms with Gasteiger partial charge in [0.25, 0.3) is 0 Å². The maximum absolute atomic E-state index is 5.72. The molecule has 5 heteroatoms. The zero-order valence-corrected chi connectivity index (χ0v) is 17.0. The molecule has 2 aromatic rings. The van der Waals surface area contributed by atoms with Gasteiger partial charge in [0, 0.05) is 37.1 Å². The molecule has 0 unspecified atom stereocenters. The number of aryl methyl sites for hydroxylation is 1. The Hall–Kier alpha value is -2.27. The minimum absolute atomic E-state index is 0.158. The third kappa shape index (κ3) is 5.86. The first-order chi connectivity index (χ1) is 13.1. The molecule has 1 aliphatic rings. The molecule has 0 aromatic heterocycles. The molecule has 144 valence electrons. The monoisotopic (exact) mass is 383 g/mol. The Morgan fingerprint density at radius 1 is 1.19 bits per heavy atom. The number of nitrogens with one attached hydrogen (secondary N) is 2. The number of ether oxygens (including phenoxy) is 1. The first kappa shape index (κ1) is 19.5. The Morgan fingerprint density at radius 2 is 2.04 bits per heavy atom. The van der Waals surface area contributed by atoms with E-state index < -0.39 is 0 Å². The summed E-state index contributed by atoms with van der Waals surface area (Å²) < 4.78 is 5.72. The lowest BCUT2D eigenvalue weighted by atomic mass is 10.0. The van der Waals surface area contributed by atoms with E-state index in [0.717, 1.165) is 37.5 Å². The van der Waals surface area contributed by atoms with Crippen LogP contribution < -0.4 is 20.3 Å². The van der Waals surface area contributed by atoms with Crippen molar-refractivity contribution in [2.24, 2.45) is 0 Å². The number of fused-ring (bicyclic) bond motifs is 1. The van der Waals surface area contributed by atoms with E-state index >= 15 is 0 Å². The standard InChI is InChI=1S/C22H29N3OS/c1-17(2)26-20-11-5-10-19(16-20)24-22(27)23-13-7-15-25-14-6-9-18-8-3-4-12-21(18)25/h3-5,8,10-12,16-17H,6-7,9,13-15H2,1-2H3,(H2,23,24,27). The number of para-hydroxylation sites is 1. The second-order valence-corrected chi connectivity index (χ2v) is 7.56. The topological polar surface area (TPSA) is 36.5 Å². The van der Waals surface area contributed by atoms with E-state index in [1.54, 1.807) is 0 Å². The van der Waals surface area contributed by atoms with Crippen molar-refractivity contribution < 1.29 is 4.74 Å². The lowest BCUT2D eigenvalue weighted by Gasteiger charge is -2.31. The average molecular weight is 384 g/mol. The van der Waals surface area contributed by atoms with Crippen molar-refractivity contribution >= 4 is 28.7 Å². The van der Waals surface area contributed by atoms with Crippen molar-refractivity contribution in [3.8, 4) is 5.75 Å². The van der Waals surface area contributed by atoms with Crippen molar-refractivity contribution in [3.05, 3.63) is 54.1 Å². The smallest absolute Gasteiger partial charge is 0.170 e. The lowest BCUT2D eigenvalue weighted by Crippen LogP contribution is -2.34. The predicted molar refractivity (Wildman–Crippen MR) is 118 cm³/mol. The lowest BCUT2D eigenvalue weighted by molar-refractivity contribution is 0.242. The molecule has 2 N–H and O–H groups in total. The predicted octanol–water partition coefficient (Wildman–Crippen LogP) is 4.60. The molecule has 0 saturated heterocycles. The Morgan fingerprint density at radius 3 is 2.89 bits per heavy atom. The number of rotatable bonds is 7. The minimum atomic E-state index is 0.158. The summed E-state index contributed by atoms with van der Waals surface area (Å²) in [6, 6.07) is 16.6. The molecule has 0 fully saturated rings. The van der Waals surface area contributed by atoms with Gasteiger partial charge in [-0.2, -0.15) is 0 Å². The maximum atomic E-state index is 5.72. The van der Waals surface area contributed by atoms with Crippen molar-refractivity contribution in [1.29, 1.82) is 0 Å². The summed E-state index contributed by atoms with van der Waals surface area (Å²) in [5.74, 6) is 0.849. The SMILES string of the molecule is CC(C)Oc1cccc(NC(=S)NCCCN2CCCc3ccccc32)c1. The largest absolute Gasteiger partial charge is 0.491 e. The summed E-state index contributed by atoms with van der Waals surface area (Å²) in [6.45, 7) is 7.08. The van der Waals surface area contributed by atoms with Gasteiger partial charge in [-0.05, 0) is 69.1 Å². The molecular weight excluding hydrogens is 354 g/mol. The third-order valence-corrected chi connectivity index (χ3v) is 4.81. The normalized spacial score (nSPS) is 13.2. The molecule has 0 amide bonds. The summed E-state index contributed by atoms with van der Waals surface area (Å²) in [5.41, 5.74) is 3.81. The van der Waals surface area contributed by atoms with Gasteiger partial charge in [0.1, 0.15) is 5.75 Å². The molecule has 4 nitrogen and oxygen atoms in total. The van der Waals surface area contributed by atoms with Crippen LogP contribution in [0.1, 0.15) is 32.3 Å². The van der Waals surface area contributed by atoms with Crippen LogP contribution in [0, 0.1) is 0 Å². The zero-order valence-electron chi connectivity index (χ0n) is 16.2. The number of hydrogen-bond acceptors (Lipinski definition) is 3. The highest BCUT2D eigenvalue weighted by atomic mass is 32.1. The summed E-state index contributed by atoms with van der Waals surface area (Å²) in [5, 5.41) is 7.19. The second kappa shape index (κ2) is 9.60. The average Bonchev–Trinajstić information content (AvgIpc) is 2.65. The summed E-state index contributed by atoms with van der Waals surface area (Å²) in [7, 11) is 0. The highest BCUT2D eigenvalue weighted by molar-refractivity contribution is 7.80. The van der Waals surface area contributed by atoms with Gasteiger partial charge >= 0.3 is 0 Å². The van der Waals surface area contributed by atoms with Crippen LogP contribution in [0.4, 0.5) is 11.4 Å². The molecule has 3 rings (SSSR count). The fraction of sp³-hybridized carbons (Fsp3) is 0.409. The van der Waals surface area contributed by atoms with Crippen molar-refractivity contribution in [3.63, 3.8) is 0 Å². The molecule has 0 radical (unpaired) electrons. The van der Waals surface area contributed by atoms with Gasteiger partial charge in [0.2, 0.25) is 0 Å². The number of thiocarbonyl (C=S) groups is 1. The molecule has 0 saturated carbocycles. The fourth-order valence-electron chi connectivity index (χ4n) is 3.41. The number of benzene rings is 2. The highest BCUT2D eigenvalue weighted by Crippen LogP contribution is 2.26. The Balaban J connectivity index is 1.42. The fourth-order valence-corrected chi connectivity index (χ4v) is 3.63. The molecule has 0 bridgehead atoms. The van der Waals surface area contributed by atoms with Crippen LogP contribution in [-0.2, 0) is 6.42 Å². The third-order valence-electron chi connectivity index (χ3n) is 4.56. The molecular formula is C22H29N3OS. The van der Waals surface area contributed by atoms with Crippen LogP contribution in [0.2, 0.25) is 0 Å². The molecule has 0 spiro atoms. The Kier molecular flexibility index (Phi) is 6.93. The van der Waals surface area contributed by atoms with Gasteiger partial charge in [-0.3, -0.25) is 0 Å². The Bertz CT molecular complexity index is 763. The molecule has 0 aliphatic carbocycles. The van der Waals surface area contributed by atoms with E-state index in [9.17, 15) is 0 Å². The van der Waals surface area contributed by atoms with Crippen LogP contribution in [-0.4, -0.2) is 30.9 Å². The van der Waals surface area contributed by atoms with E-state index in [2.05, 4.69) is 39.8 Å². The summed E-state index contributed by atoms with van der Waals surface area (Å²) in [6.07, 6.45) is 3.63. The molecule has 27 heavy (non-hydrogen) atoms. The van der Waals surface area contributed by atoms with Crippen molar-refractivity contribution in [2.45, 2.75) is 39.2 Å². The van der Waals surface area contributed by atoms with Gasteiger partial charge in [-0.25, -0.2) is 0 Å². The van der Waals surface area contributed by atoms with Crippen LogP contribution in [0.15, 0.2) is 48.5 Å². The van der Waals surface area contributed by atoms with Crippen LogP contribution in [0.5, 0.6) is 5.75 Å². The van der Waals surface area contributed by atoms with Gasteiger partial charge in [-0.1, -0.05) is 24.3 Å². The van der Waals surface area contributed by atoms with E-state index in [0.29, 0.717) is 5.11 Å².